The Labute approximate surface area is 110 Å². The van der Waals surface area contributed by atoms with Crippen LogP contribution in [0, 0.1) is 6.92 Å². The fourth-order valence-electron chi connectivity index (χ4n) is 1.97. The van der Waals surface area contributed by atoms with Crippen LogP contribution in [-0.2, 0) is 4.74 Å². The Morgan fingerprint density at radius 1 is 1.47 bits per heavy atom. The van der Waals surface area contributed by atoms with Gasteiger partial charge in [0.15, 0.2) is 0 Å². The van der Waals surface area contributed by atoms with Crippen LogP contribution in [0.15, 0.2) is 34.5 Å². The zero-order chi connectivity index (χ0) is 12.3. The van der Waals surface area contributed by atoms with E-state index in [0.717, 1.165) is 35.2 Å². The molecule has 1 atom stereocenters. The second-order valence-electron chi connectivity index (χ2n) is 4.21. The first-order valence-corrected chi connectivity index (χ1v) is 6.56. The quantitative estimate of drug-likeness (QED) is 0.666. The van der Waals surface area contributed by atoms with Crippen LogP contribution in [0.25, 0.3) is 0 Å². The number of ether oxygens (including phenoxy) is 1. The number of nitrogens with two attached hydrogens (primary N) is 1. The van der Waals surface area contributed by atoms with Crippen LogP contribution < -0.4 is 11.3 Å². The molecule has 0 aliphatic carbocycles. The highest BCUT2D eigenvalue weighted by Crippen LogP contribution is 2.28. The van der Waals surface area contributed by atoms with E-state index in [2.05, 4.69) is 46.5 Å². The van der Waals surface area contributed by atoms with Crippen LogP contribution in [0.3, 0.4) is 0 Å². The summed E-state index contributed by atoms with van der Waals surface area (Å²) in [6.45, 7) is 2.84. The third-order valence-corrected chi connectivity index (χ3v) is 3.82. The number of aryl methyl sites for hydroxylation is 1. The zero-order valence-corrected chi connectivity index (χ0v) is 11.5. The van der Waals surface area contributed by atoms with Gasteiger partial charge in [-0.15, -0.1) is 0 Å². The van der Waals surface area contributed by atoms with E-state index in [9.17, 15) is 0 Å². The van der Waals surface area contributed by atoms with Crippen molar-refractivity contribution < 1.29 is 4.74 Å². The summed E-state index contributed by atoms with van der Waals surface area (Å²) >= 11 is 3.50. The van der Waals surface area contributed by atoms with E-state index in [1.165, 1.54) is 5.56 Å². The number of nitrogens with one attached hydrogen (secondary N) is 1. The Hall–Kier alpha value is -0.840. The van der Waals surface area contributed by atoms with Crippen LogP contribution in [0.2, 0.25) is 0 Å². The maximum absolute atomic E-state index is 5.66. The molecule has 3 N–H and O–H groups in total. The van der Waals surface area contributed by atoms with Crippen molar-refractivity contribution in [3.05, 3.63) is 45.6 Å². The number of hydrogen-bond donors (Lipinski definition) is 2. The first-order valence-electron chi connectivity index (χ1n) is 5.77. The molecule has 92 valence electrons. The molecule has 0 bridgehead atoms. The van der Waals surface area contributed by atoms with Gasteiger partial charge in [0.1, 0.15) is 11.8 Å². The first-order chi connectivity index (χ1) is 8.22. The number of halogens is 1. The summed E-state index contributed by atoms with van der Waals surface area (Å²) in [5, 5.41) is 0. The van der Waals surface area contributed by atoms with Gasteiger partial charge in [0.05, 0.1) is 6.61 Å². The number of allylic oxidation sites excluding steroid dienone is 1. The normalized spacial score (nSPS) is 17.2. The molecule has 0 aromatic heterocycles. The van der Waals surface area contributed by atoms with Crippen molar-refractivity contribution in [2.45, 2.75) is 25.8 Å². The highest BCUT2D eigenvalue weighted by Gasteiger charge is 2.18. The van der Waals surface area contributed by atoms with E-state index in [1.54, 1.807) is 0 Å². The van der Waals surface area contributed by atoms with Gasteiger partial charge in [0.25, 0.3) is 0 Å². The van der Waals surface area contributed by atoms with E-state index in [0.29, 0.717) is 0 Å². The maximum Gasteiger partial charge on any atom is 0.115 e. The van der Waals surface area contributed by atoms with Crippen molar-refractivity contribution >= 4 is 15.9 Å². The predicted molar refractivity (Wildman–Crippen MR) is 72.2 cm³/mol. The van der Waals surface area contributed by atoms with E-state index in [1.807, 2.05) is 6.07 Å². The van der Waals surface area contributed by atoms with Gasteiger partial charge < -0.3 is 4.74 Å². The molecule has 0 spiro atoms. The lowest BCUT2D eigenvalue weighted by Crippen LogP contribution is -2.31. The van der Waals surface area contributed by atoms with Crippen LogP contribution in [0.1, 0.15) is 30.0 Å². The van der Waals surface area contributed by atoms with Crippen LogP contribution in [0.4, 0.5) is 0 Å². The minimum Gasteiger partial charge on any atom is -0.496 e. The van der Waals surface area contributed by atoms with Crippen molar-refractivity contribution in [3.63, 3.8) is 0 Å². The SMILES string of the molecule is Cc1cc(C(NN)C2=CCCCO2)ccc1Br. The van der Waals surface area contributed by atoms with Gasteiger partial charge in [-0.3, -0.25) is 5.84 Å². The van der Waals surface area contributed by atoms with E-state index >= 15 is 0 Å². The van der Waals surface area contributed by atoms with E-state index in [4.69, 9.17) is 10.6 Å². The Balaban J connectivity index is 2.28. The van der Waals surface area contributed by atoms with E-state index in [-0.39, 0.29) is 6.04 Å². The van der Waals surface area contributed by atoms with Gasteiger partial charge in [-0.05, 0) is 43.0 Å². The molecule has 1 aliphatic heterocycles. The average Bonchev–Trinajstić information content (AvgIpc) is 2.36. The lowest BCUT2D eigenvalue weighted by molar-refractivity contribution is 0.168. The summed E-state index contributed by atoms with van der Waals surface area (Å²) in [4.78, 5) is 0. The standard InChI is InChI=1S/C13H17BrN2O/c1-9-8-10(5-6-11(9)14)13(16-15)12-4-2-3-7-17-12/h4-6,8,13,16H,2-3,7,15H2,1H3. The molecule has 3 nitrogen and oxygen atoms in total. The molecule has 4 heteroatoms. The molecule has 0 saturated carbocycles. The summed E-state index contributed by atoms with van der Waals surface area (Å²) in [7, 11) is 0. The first kappa shape index (κ1) is 12.6. The third-order valence-electron chi connectivity index (χ3n) is 2.93. The van der Waals surface area contributed by atoms with E-state index < -0.39 is 0 Å². The molecule has 1 aromatic carbocycles. The summed E-state index contributed by atoms with van der Waals surface area (Å²) in [5.74, 6) is 6.57. The second kappa shape index (κ2) is 5.67. The minimum atomic E-state index is -0.0536. The molecular weight excluding hydrogens is 280 g/mol. The Bertz CT molecular complexity index is 431. The number of benzene rings is 1. The average molecular weight is 297 g/mol. The molecule has 0 radical (unpaired) electrons. The molecule has 1 heterocycles. The van der Waals surface area contributed by atoms with Crippen molar-refractivity contribution in [1.29, 1.82) is 0 Å². The topological polar surface area (TPSA) is 47.3 Å². The van der Waals surface area contributed by atoms with Crippen LogP contribution in [0.5, 0.6) is 0 Å². The monoisotopic (exact) mass is 296 g/mol. The molecule has 2 rings (SSSR count). The van der Waals surface area contributed by atoms with Crippen LogP contribution in [-0.4, -0.2) is 6.61 Å². The smallest absolute Gasteiger partial charge is 0.115 e. The molecular formula is C13H17BrN2O. The Kier molecular flexibility index (Phi) is 4.20. The third kappa shape index (κ3) is 2.89. The van der Waals surface area contributed by atoms with Gasteiger partial charge in [-0.1, -0.05) is 28.1 Å². The summed E-state index contributed by atoms with van der Waals surface area (Å²) in [6, 6.07) is 6.16. The fourth-order valence-corrected chi connectivity index (χ4v) is 2.21. The predicted octanol–water partition coefficient (Wildman–Crippen LogP) is 2.96. The summed E-state index contributed by atoms with van der Waals surface area (Å²) in [6.07, 6.45) is 4.26. The Morgan fingerprint density at radius 3 is 2.88 bits per heavy atom. The van der Waals surface area contributed by atoms with Gasteiger partial charge in [0, 0.05) is 4.47 Å². The lowest BCUT2D eigenvalue weighted by Gasteiger charge is -2.23. The van der Waals surface area contributed by atoms with Crippen molar-refractivity contribution in [2.75, 3.05) is 6.61 Å². The highest BCUT2D eigenvalue weighted by atomic mass is 79.9. The molecule has 17 heavy (non-hydrogen) atoms. The molecule has 0 saturated heterocycles. The fraction of sp³-hybridized carbons (Fsp3) is 0.385. The van der Waals surface area contributed by atoms with Crippen molar-refractivity contribution in [2.24, 2.45) is 5.84 Å². The minimum absolute atomic E-state index is 0.0536. The molecule has 1 aliphatic rings. The lowest BCUT2D eigenvalue weighted by atomic mass is 10.0. The van der Waals surface area contributed by atoms with Crippen LogP contribution >= 0.6 is 15.9 Å². The molecule has 1 unspecified atom stereocenters. The van der Waals surface area contributed by atoms with Gasteiger partial charge in [-0.2, -0.15) is 0 Å². The van der Waals surface area contributed by atoms with Crippen molar-refractivity contribution in [1.82, 2.24) is 5.43 Å². The van der Waals surface area contributed by atoms with Gasteiger partial charge in [-0.25, -0.2) is 5.43 Å². The second-order valence-corrected chi connectivity index (χ2v) is 5.06. The molecule has 1 aromatic rings. The number of hydrogen-bond acceptors (Lipinski definition) is 3. The highest BCUT2D eigenvalue weighted by molar-refractivity contribution is 9.10. The van der Waals surface area contributed by atoms with Gasteiger partial charge in [0.2, 0.25) is 0 Å². The number of rotatable bonds is 3. The van der Waals surface area contributed by atoms with Gasteiger partial charge >= 0.3 is 0 Å². The maximum atomic E-state index is 5.66. The zero-order valence-electron chi connectivity index (χ0n) is 9.87. The largest absolute Gasteiger partial charge is 0.496 e. The summed E-state index contributed by atoms with van der Waals surface area (Å²) in [5.41, 5.74) is 5.15. The van der Waals surface area contributed by atoms with Crippen molar-refractivity contribution in [3.8, 4) is 0 Å². The molecule has 0 amide bonds. The Morgan fingerprint density at radius 2 is 2.29 bits per heavy atom. The molecule has 0 fully saturated rings. The summed E-state index contributed by atoms with van der Waals surface area (Å²) < 4.78 is 6.77. The number of hydrazine groups is 1.